The molecule has 94 valence electrons. The lowest BCUT2D eigenvalue weighted by molar-refractivity contribution is 0.561. The molecule has 1 unspecified atom stereocenters. The molecule has 0 spiro atoms. The molecule has 0 aliphatic carbocycles. The van der Waals surface area contributed by atoms with Crippen molar-refractivity contribution < 1.29 is 8.78 Å². The second-order valence-corrected chi connectivity index (χ2v) is 4.51. The van der Waals surface area contributed by atoms with Gasteiger partial charge in [0.2, 0.25) is 0 Å². The third-order valence-corrected chi connectivity index (χ3v) is 3.05. The molecule has 2 aromatic carbocycles. The van der Waals surface area contributed by atoms with Crippen LogP contribution in [0.2, 0.25) is 0 Å². The van der Waals surface area contributed by atoms with Crippen LogP contribution in [0.25, 0.3) is 0 Å². The summed E-state index contributed by atoms with van der Waals surface area (Å²) in [6.07, 6.45) is 0. The first kappa shape index (κ1) is 12.7. The number of aryl methyl sites for hydroxylation is 2. The zero-order valence-corrected chi connectivity index (χ0v) is 10.4. The first-order valence-corrected chi connectivity index (χ1v) is 5.76. The van der Waals surface area contributed by atoms with Crippen molar-refractivity contribution in [1.82, 2.24) is 0 Å². The van der Waals surface area contributed by atoms with Crippen molar-refractivity contribution in [3.8, 4) is 0 Å². The highest BCUT2D eigenvalue weighted by molar-refractivity contribution is 5.36. The predicted octanol–water partition coefficient (Wildman–Crippen LogP) is 3.63. The largest absolute Gasteiger partial charge is 0.320 e. The number of nitrogens with two attached hydrogens (primary N) is 1. The molecule has 0 aliphatic heterocycles. The first-order chi connectivity index (χ1) is 8.49. The Hall–Kier alpha value is -1.74. The van der Waals surface area contributed by atoms with Crippen molar-refractivity contribution in [2.75, 3.05) is 0 Å². The van der Waals surface area contributed by atoms with Gasteiger partial charge in [-0.25, -0.2) is 8.78 Å². The van der Waals surface area contributed by atoms with E-state index in [0.717, 1.165) is 17.2 Å². The van der Waals surface area contributed by atoms with Gasteiger partial charge >= 0.3 is 0 Å². The molecule has 0 aliphatic rings. The second-order valence-electron chi connectivity index (χ2n) is 4.51. The predicted molar refractivity (Wildman–Crippen MR) is 68.3 cm³/mol. The molecule has 0 radical (unpaired) electrons. The van der Waals surface area contributed by atoms with Gasteiger partial charge in [-0.3, -0.25) is 0 Å². The van der Waals surface area contributed by atoms with Gasteiger partial charge in [0.05, 0.1) is 6.04 Å². The molecule has 0 saturated heterocycles. The highest BCUT2D eigenvalue weighted by Crippen LogP contribution is 2.24. The summed E-state index contributed by atoms with van der Waals surface area (Å²) >= 11 is 0. The van der Waals surface area contributed by atoms with E-state index in [-0.39, 0.29) is 0 Å². The molecular formula is C15H15F2N. The summed E-state index contributed by atoms with van der Waals surface area (Å²) in [5.41, 5.74) is 8.66. The monoisotopic (exact) mass is 247 g/mol. The van der Waals surface area contributed by atoms with Gasteiger partial charge in [0.25, 0.3) is 0 Å². The lowest BCUT2D eigenvalue weighted by Crippen LogP contribution is -2.14. The van der Waals surface area contributed by atoms with E-state index in [1.807, 2.05) is 31.2 Å². The van der Waals surface area contributed by atoms with Crippen LogP contribution in [0.4, 0.5) is 8.78 Å². The van der Waals surface area contributed by atoms with Gasteiger partial charge in [-0.1, -0.05) is 29.8 Å². The summed E-state index contributed by atoms with van der Waals surface area (Å²) in [6, 6.07) is 9.34. The topological polar surface area (TPSA) is 26.0 Å². The molecule has 0 aromatic heterocycles. The molecule has 1 nitrogen and oxygen atoms in total. The minimum Gasteiger partial charge on any atom is -0.320 e. The van der Waals surface area contributed by atoms with Crippen molar-refractivity contribution >= 4 is 0 Å². The quantitative estimate of drug-likeness (QED) is 0.861. The van der Waals surface area contributed by atoms with Crippen LogP contribution >= 0.6 is 0 Å². The molecule has 2 aromatic rings. The summed E-state index contributed by atoms with van der Waals surface area (Å²) in [6.45, 7) is 3.57. The smallest absolute Gasteiger partial charge is 0.131 e. The fourth-order valence-corrected chi connectivity index (χ4v) is 1.87. The maximum Gasteiger partial charge on any atom is 0.131 e. The summed E-state index contributed by atoms with van der Waals surface area (Å²) in [7, 11) is 0. The van der Waals surface area contributed by atoms with E-state index in [0.29, 0.717) is 11.1 Å². The highest BCUT2D eigenvalue weighted by atomic mass is 19.1. The van der Waals surface area contributed by atoms with Crippen LogP contribution in [0, 0.1) is 25.5 Å². The van der Waals surface area contributed by atoms with Crippen LogP contribution in [-0.4, -0.2) is 0 Å². The average Bonchev–Trinajstić information content (AvgIpc) is 2.34. The molecule has 0 heterocycles. The molecule has 0 bridgehead atoms. The van der Waals surface area contributed by atoms with Crippen LogP contribution in [-0.2, 0) is 0 Å². The Morgan fingerprint density at radius 1 is 0.944 bits per heavy atom. The van der Waals surface area contributed by atoms with E-state index < -0.39 is 17.7 Å². The number of hydrogen-bond acceptors (Lipinski definition) is 1. The molecule has 1 atom stereocenters. The first-order valence-electron chi connectivity index (χ1n) is 5.76. The third-order valence-electron chi connectivity index (χ3n) is 3.05. The van der Waals surface area contributed by atoms with E-state index in [1.165, 1.54) is 6.07 Å². The average molecular weight is 247 g/mol. The van der Waals surface area contributed by atoms with Crippen molar-refractivity contribution in [2.24, 2.45) is 5.73 Å². The molecule has 0 amide bonds. The Morgan fingerprint density at radius 2 is 1.56 bits per heavy atom. The zero-order valence-electron chi connectivity index (χ0n) is 10.4. The van der Waals surface area contributed by atoms with E-state index in [2.05, 4.69) is 0 Å². The van der Waals surface area contributed by atoms with Gasteiger partial charge in [-0.15, -0.1) is 0 Å². The van der Waals surface area contributed by atoms with Gasteiger partial charge in [0.15, 0.2) is 0 Å². The van der Waals surface area contributed by atoms with Gasteiger partial charge in [-0.2, -0.15) is 0 Å². The zero-order chi connectivity index (χ0) is 13.3. The Bertz CT molecular complexity index is 561. The molecule has 3 heteroatoms. The van der Waals surface area contributed by atoms with Crippen LogP contribution in [0.15, 0.2) is 36.4 Å². The molecule has 18 heavy (non-hydrogen) atoms. The summed E-state index contributed by atoms with van der Waals surface area (Å²) in [5.74, 6) is -1.15. The van der Waals surface area contributed by atoms with Gasteiger partial charge < -0.3 is 5.73 Å². The summed E-state index contributed by atoms with van der Waals surface area (Å²) in [5, 5.41) is 0. The van der Waals surface area contributed by atoms with Crippen LogP contribution in [0.3, 0.4) is 0 Å². The van der Waals surface area contributed by atoms with Crippen molar-refractivity contribution in [1.29, 1.82) is 0 Å². The maximum atomic E-state index is 13.7. The fraction of sp³-hybridized carbons (Fsp3) is 0.200. The SMILES string of the molecule is Cc1ccc(C(N)c2cc(C)c(F)cc2F)cc1. The standard InChI is InChI=1S/C15H15F2N/c1-9-3-5-11(6-4-9)15(18)12-7-10(2)13(16)8-14(12)17/h3-8,15H,18H2,1-2H3. The van der Waals surface area contributed by atoms with E-state index >= 15 is 0 Å². The van der Waals surface area contributed by atoms with E-state index in [4.69, 9.17) is 5.73 Å². The minimum atomic E-state index is -0.605. The lowest BCUT2D eigenvalue weighted by Gasteiger charge is -2.15. The number of rotatable bonds is 2. The van der Waals surface area contributed by atoms with Gasteiger partial charge in [0.1, 0.15) is 11.6 Å². The summed E-state index contributed by atoms with van der Waals surface area (Å²) < 4.78 is 26.9. The minimum absolute atomic E-state index is 0.317. The van der Waals surface area contributed by atoms with Gasteiger partial charge in [0, 0.05) is 11.6 Å². The molecule has 2 rings (SSSR count). The Balaban J connectivity index is 2.42. The molecule has 0 saturated carbocycles. The van der Waals surface area contributed by atoms with Crippen LogP contribution < -0.4 is 5.73 Å². The van der Waals surface area contributed by atoms with E-state index in [1.54, 1.807) is 6.92 Å². The summed E-state index contributed by atoms with van der Waals surface area (Å²) in [4.78, 5) is 0. The van der Waals surface area contributed by atoms with Gasteiger partial charge in [-0.05, 0) is 31.0 Å². The normalized spacial score (nSPS) is 12.5. The van der Waals surface area contributed by atoms with Crippen molar-refractivity contribution in [3.63, 3.8) is 0 Å². The molecule has 0 fully saturated rings. The lowest BCUT2D eigenvalue weighted by atomic mass is 9.97. The van der Waals surface area contributed by atoms with Crippen LogP contribution in [0.1, 0.15) is 28.3 Å². The Kier molecular flexibility index (Phi) is 3.43. The Morgan fingerprint density at radius 3 is 2.17 bits per heavy atom. The highest BCUT2D eigenvalue weighted by Gasteiger charge is 2.15. The fourth-order valence-electron chi connectivity index (χ4n) is 1.87. The van der Waals surface area contributed by atoms with Crippen LogP contribution in [0.5, 0.6) is 0 Å². The van der Waals surface area contributed by atoms with E-state index in [9.17, 15) is 8.78 Å². The number of halogens is 2. The van der Waals surface area contributed by atoms with Crippen molar-refractivity contribution in [3.05, 3.63) is 70.3 Å². The Labute approximate surface area is 105 Å². The number of hydrogen-bond donors (Lipinski definition) is 1. The maximum absolute atomic E-state index is 13.7. The molecule has 2 N–H and O–H groups in total. The number of benzene rings is 2. The second kappa shape index (κ2) is 4.86. The third kappa shape index (κ3) is 2.41. The van der Waals surface area contributed by atoms with Crippen molar-refractivity contribution in [2.45, 2.75) is 19.9 Å². The molecular weight excluding hydrogens is 232 g/mol.